The molecule has 0 N–H and O–H groups in total. The van der Waals surface area contributed by atoms with Gasteiger partial charge in [0.05, 0.1) is 6.61 Å². The maximum atomic E-state index is 5.88. The number of benzene rings is 1. The summed E-state index contributed by atoms with van der Waals surface area (Å²) in [6, 6.07) is 8.45. The molecular weight excluding hydrogens is 296 g/mol. The van der Waals surface area contributed by atoms with Gasteiger partial charge in [-0.25, -0.2) is 0 Å². The van der Waals surface area contributed by atoms with Crippen molar-refractivity contribution in [2.75, 3.05) is 13.2 Å². The summed E-state index contributed by atoms with van der Waals surface area (Å²) < 4.78 is 11.1. The number of allylic oxidation sites excluding steroid dienone is 2. The van der Waals surface area contributed by atoms with Gasteiger partial charge in [-0.2, -0.15) is 0 Å². The Morgan fingerprint density at radius 3 is 2.50 bits per heavy atom. The Hall–Kier alpha value is -1.28. The van der Waals surface area contributed by atoms with Crippen LogP contribution in [0.15, 0.2) is 36.4 Å². The lowest BCUT2D eigenvalue weighted by atomic mass is 10.0. The van der Waals surface area contributed by atoms with Crippen molar-refractivity contribution in [3.05, 3.63) is 42.0 Å². The SMILES string of the molecule is CCCC/C=C/CCCCCCCc1ccccc1OCC1CO1. The molecule has 0 amide bonds. The van der Waals surface area contributed by atoms with Gasteiger partial charge in [0.15, 0.2) is 0 Å². The lowest BCUT2D eigenvalue weighted by Crippen LogP contribution is -2.05. The summed E-state index contributed by atoms with van der Waals surface area (Å²) in [6.45, 7) is 3.80. The molecule has 1 saturated heterocycles. The number of hydrogen-bond acceptors (Lipinski definition) is 2. The predicted molar refractivity (Wildman–Crippen MR) is 102 cm³/mol. The van der Waals surface area contributed by atoms with Gasteiger partial charge < -0.3 is 9.47 Å². The van der Waals surface area contributed by atoms with E-state index in [1.807, 2.05) is 0 Å². The molecule has 1 aliphatic rings. The number of unbranched alkanes of at least 4 members (excludes halogenated alkanes) is 7. The van der Waals surface area contributed by atoms with Crippen molar-refractivity contribution in [2.45, 2.75) is 77.2 Å². The fraction of sp³-hybridized carbons (Fsp3) is 0.636. The smallest absolute Gasteiger partial charge is 0.122 e. The van der Waals surface area contributed by atoms with E-state index in [4.69, 9.17) is 9.47 Å². The summed E-state index contributed by atoms with van der Waals surface area (Å²) in [4.78, 5) is 0. The van der Waals surface area contributed by atoms with E-state index in [-0.39, 0.29) is 0 Å². The third kappa shape index (κ3) is 8.54. The van der Waals surface area contributed by atoms with Crippen molar-refractivity contribution in [2.24, 2.45) is 0 Å². The average molecular weight is 331 g/mol. The van der Waals surface area contributed by atoms with Gasteiger partial charge in [0, 0.05) is 0 Å². The number of hydrogen-bond donors (Lipinski definition) is 0. The van der Waals surface area contributed by atoms with E-state index in [0.29, 0.717) is 12.7 Å². The zero-order chi connectivity index (χ0) is 16.9. The van der Waals surface area contributed by atoms with Gasteiger partial charge in [0.2, 0.25) is 0 Å². The molecule has 1 fully saturated rings. The van der Waals surface area contributed by atoms with Gasteiger partial charge in [-0.15, -0.1) is 0 Å². The first-order chi connectivity index (χ1) is 11.9. The molecule has 1 aromatic rings. The fourth-order valence-electron chi connectivity index (χ4n) is 2.86. The molecule has 0 spiro atoms. The summed E-state index contributed by atoms with van der Waals surface area (Å²) in [7, 11) is 0. The lowest BCUT2D eigenvalue weighted by molar-refractivity contribution is 0.261. The zero-order valence-electron chi connectivity index (χ0n) is 15.3. The van der Waals surface area contributed by atoms with E-state index in [9.17, 15) is 0 Å². The molecular formula is C22H34O2. The molecule has 2 rings (SSSR count). The van der Waals surface area contributed by atoms with Gasteiger partial charge in [-0.3, -0.25) is 0 Å². The minimum absolute atomic E-state index is 0.328. The number of aryl methyl sites for hydroxylation is 1. The number of ether oxygens (including phenoxy) is 2. The van der Waals surface area contributed by atoms with Crippen LogP contribution in [0.3, 0.4) is 0 Å². The second kappa shape index (κ2) is 12.1. The Labute approximate surface area is 148 Å². The summed E-state index contributed by atoms with van der Waals surface area (Å²) in [5.74, 6) is 1.05. The van der Waals surface area contributed by atoms with Crippen molar-refractivity contribution in [3.8, 4) is 5.75 Å². The van der Waals surface area contributed by atoms with Crippen molar-refractivity contribution in [3.63, 3.8) is 0 Å². The molecule has 0 saturated carbocycles. The Bertz CT molecular complexity index is 463. The van der Waals surface area contributed by atoms with E-state index in [1.54, 1.807) is 0 Å². The summed E-state index contributed by atoms with van der Waals surface area (Å²) in [6.07, 6.45) is 17.9. The maximum absolute atomic E-state index is 5.88. The molecule has 1 heterocycles. The first-order valence-electron chi connectivity index (χ1n) is 9.87. The summed E-state index contributed by atoms with van der Waals surface area (Å²) in [5, 5.41) is 0. The second-order valence-corrected chi connectivity index (χ2v) is 6.79. The summed E-state index contributed by atoms with van der Waals surface area (Å²) >= 11 is 0. The highest BCUT2D eigenvalue weighted by Crippen LogP contribution is 2.22. The molecule has 1 aromatic carbocycles. The molecule has 2 heteroatoms. The van der Waals surface area contributed by atoms with Gasteiger partial charge in [-0.05, 0) is 43.7 Å². The van der Waals surface area contributed by atoms with Gasteiger partial charge in [-0.1, -0.05) is 69.4 Å². The first-order valence-corrected chi connectivity index (χ1v) is 9.87. The van der Waals surface area contributed by atoms with Gasteiger partial charge in [0.1, 0.15) is 18.5 Å². The van der Waals surface area contributed by atoms with Crippen LogP contribution in [-0.4, -0.2) is 19.3 Å². The number of rotatable bonds is 14. The van der Waals surface area contributed by atoms with E-state index in [0.717, 1.165) is 18.8 Å². The average Bonchev–Trinajstić information content (AvgIpc) is 3.43. The maximum Gasteiger partial charge on any atom is 0.122 e. The molecule has 134 valence electrons. The Morgan fingerprint density at radius 2 is 1.71 bits per heavy atom. The predicted octanol–water partition coefficient (Wildman–Crippen LogP) is 6.09. The largest absolute Gasteiger partial charge is 0.491 e. The normalized spacial score (nSPS) is 16.6. The molecule has 1 atom stereocenters. The van der Waals surface area contributed by atoms with Crippen molar-refractivity contribution < 1.29 is 9.47 Å². The molecule has 0 aromatic heterocycles. The standard InChI is InChI=1S/C22H34O2/c1-2-3-4-5-6-7-8-9-10-11-12-15-20-16-13-14-17-22(20)24-19-21-18-23-21/h5-6,13-14,16-17,21H,2-4,7-12,15,18-19H2,1H3/b6-5+. The zero-order valence-corrected chi connectivity index (χ0v) is 15.3. The topological polar surface area (TPSA) is 21.8 Å². The van der Waals surface area contributed by atoms with Crippen LogP contribution in [0.2, 0.25) is 0 Å². The van der Waals surface area contributed by atoms with E-state index in [2.05, 4.69) is 43.3 Å². The molecule has 0 radical (unpaired) electrons. The Morgan fingerprint density at radius 1 is 1.00 bits per heavy atom. The van der Waals surface area contributed by atoms with Crippen molar-refractivity contribution in [1.82, 2.24) is 0 Å². The van der Waals surface area contributed by atoms with Crippen LogP contribution in [0, 0.1) is 0 Å². The Kier molecular flexibility index (Phi) is 9.63. The van der Waals surface area contributed by atoms with Crippen molar-refractivity contribution >= 4 is 0 Å². The molecule has 1 unspecified atom stereocenters. The van der Waals surface area contributed by atoms with Crippen LogP contribution in [0.1, 0.15) is 70.3 Å². The molecule has 24 heavy (non-hydrogen) atoms. The Balaban J connectivity index is 1.50. The van der Waals surface area contributed by atoms with E-state index < -0.39 is 0 Å². The highest BCUT2D eigenvalue weighted by atomic mass is 16.6. The highest BCUT2D eigenvalue weighted by Gasteiger charge is 2.23. The highest BCUT2D eigenvalue weighted by molar-refractivity contribution is 5.33. The molecule has 1 aliphatic heterocycles. The summed E-state index contributed by atoms with van der Waals surface area (Å²) in [5.41, 5.74) is 1.34. The fourth-order valence-corrected chi connectivity index (χ4v) is 2.86. The first kappa shape index (κ1) is 19.1. The quantitative estimate of drug-likeness (QED) is 0.234. The van der Waals surface area contributed by atoms with Crippen LogP contribution >= 0.6 is 0 Å². The number of epoxide rings is 1. The third-order valence-corrected chi connectivity index (χ3v) is 4.51. The van der Waals surface area contributed by atoms with E-state index in [1.165, 1.54) is 63.4 Å². The van der Waals surface area contributed by atoms with Gasteiger partial charge in [0.25, 0.3) is 0 Å². The van der Waals surface area contributed by atoms with Crippen LogP contribution in [0.4, 0.5) is 0 Å². The van der Waals surface area contributed by atoms with Crippen LogP contribution in [0.5, 0.6) is 5.75 Å². The van der Waals surface area contributed by atoms with Crippen LogP contribution in [0.25, 0.3) is 0 Å². The molecule has 0 aliphatic carbocycles. The second-order valence-electron chi connectivity index (χ2n) is 6.79. The monoisotopic (exact) mass is 330 g/mol. The molecule has 2 nitrogen and oxygen atoms in total. The third-order valence-electron chi connectivity index (χ3n) is 4.51. The van der Waals surface area contributed by atoms with Gasteiger partial charge >= 0.3 is 0 Å². The van der Waals surface area contributed by atoms with Crippen molar-refractivity contribution in [1.29, 1.82) is 0 Å². The lowest BCUT2D eigenvalue weighted by Gasteiger charge is -2.10. The number of para-hydroxylation sites is 1. The minimum atomic E-state index is 0.328. The minimum Gasteiger partial charge on any atom is -0.491 e. The van der Waals surface area contributed by atoms with Crippen LogP contribution in [-0.2, 0) is 11.2 Å². The van der Waals surface area contributed by atoms with E-state index >= 15 is 0 Å². The van der Waals surface area contributed by atoms with Crippen LogP contribution < -0.4 is 4.74 Å². The molecule has 0 bridgehead atoms.